The first kappa shape index (κ1) is 28.5. The molecule has 0 unspecified atom stereocenters. The molecule has 0 spiro atoms. The van der Waals surface area contributed by atoms with Crippen LogP contribution in [0.25, 0.3) is 0 Å². The summed E-state index contributed by atoms with van der Waals surface area (Å²) in [6, 6.07) is 25.1. The average molecular weight is 572 g/mol. The van der Waals surface area contributed by atoms with Crippen molar-refractivity contribution in [3.63, 3.8) is 0 Å². The van der Waals surface area contributed by atoms with Crippen molar-refractivity contribution < 1.29 is 14.4 Å². The van der Waals surface area contributed by atoms with Crippen LogP contribution in [0.2, 0.25) is 5.02 Å². The number of nitriles is 1. The van der Waals surface area contributed by atoms with E-state index >= 15 is 0 Å². The van der Waals surface area contributed by atoms with Gasteiger partial charge < -0.3 is 21.3 Å². The van der Waals surface area contributed by atoms with Gasteiger partial charge in [-0.1, -0.05) is 59.8 Å². The zero-order valence-electron chi connectivity index (χ0n) is 21.7. The quantitative estimate of drug-likeness (QED) is 0.263. The Kier molecular flexibility index (Phi) is 9.27. The van der Waals surface area contributed by atoms with E-state index < -0.39 is 5.92 Å². The summed E-state index contributed by atoms with van der Waals surface area (Å²) >= 11 is 7.72. The van der Waals surface area contributed by atoms with Crippen molar-refractivity contribution in [1.82, 2.24) is 5.32 Å². The Balaban J connectivity index is 1.57. The number of benzene rings is 3. The van der Waals surface area contributed by atoms with Crippen LogP contribution in [0, 0.1) is 11.3 Å². The first-order valence-corrected chi connectivity index (χ1v) is 13.7. The van der Waals surface area contributed by atoms with Crippen LogP contribution in [0.1, 0.15) is 25.3 Å². The standard InChI is InChI=1S/C30H26ClN5O3S/c1-18-27(29(39)36-20-8-4-3-5-9-20)28(23-10-6-7-11-25(23)31)24(16-32)30(33-18)40-17-26(38)35-22-14-12-21(13-15-22)34-19(2)37/h3-15,28,33H,17H2,1-2H3,(H,34,37)(H,35,38)(H,36,39)/t28-/m1/s1. The van der Waals surface area contributed by atoms with Crippen LogP contribution in [0.3, 0.4) is 0 Å². The highest BCUT2D eigenvalue weighted by Gasteiger charge is 2.36. The fourth-order valence-corrected chi connectivity index (χ4v) is 5.38. The fraction of sp³-hybridized carbons (Fsp3) is 0.133. The predicted molar refractivity (Wildman–Crippen MR) is 160 cm³/mol. The molecule has 0 aromatic heterocycles. The van der Waals surface area contributed by atoms with Gasteiger partial charge in [0, 0.05) is 40.3 Å². The van der Waals surface area contributed by atoms with Gasteiger partial charge in [-0.25, -0.2) is 0 Å². The van der Waals surface area contributed by atoms with E-state index in [-0.39, 0.29) is 29.0 Å². The van der Waals surface area contributed by atoms with E-state index in [0.717, 1.165) is 11.8 Å². The highest BCUT2D eigenvalue weighted by molar-refractivity contribution is 8.03. The van der Waals surface area contributed by atoms with Crippen molar-refractivity contribution in [2.24, 2.45) is 0 Å². The lowest BCUT2D eigenvalue weighted by molar-refractivity contribution is -0.114. The Morgan fingerprint density at radius 2 is 1.50 bits per heavy atom. The fourth-order valence-electron chi connectivity index (χ4n) is 4.24. The highest BCUT2D eigenvalue weighted by Crippen LogP contribution is 2.43. The van der Waals surface area contributed by atoms with Crippen LogP contribution < -0.4 is 21.3 Å². The number of nitrogens with one attached hydrogen (secondary N) is 4. The molecule has 0 saturated heterocycles. The third-order valence-corrected chi connectivity index (χ3v) is 7.34. The number of rotatable bonds is 8. The topological polar surface area (TPSA) is 123 Å². The number of carbonyl (C=O) groups excluding carboxylic acids is 3. The van der Waals surface area contributed by atoms with Crippen molar-refractivity contribution in [3.05, 3.63) is 111 Å². The van der Waals surface area contributed by atoms with E-state index in [2.05, 4.69) is 27.3 Å². The smallest absolute Gasteiger partial charge is 0.254 e. The second kappa shape index (κ2) is 13.0. The number of hydrogen-bond acceptors (Lipinski definition) is 6. The van der Waals surface area contributed by atoms with E-state index in [1.807, 2.05) is 18.2 Å². The molecule has 0 radical (unpaired) electrons. The number of para-hydroxylation sites is 1. The van der Waals surface area contributed by atoms with Gasteiger partial charge in [-0.05, 0) is 55.0 Å². The van der Waals surface area contributed by atoms with Gasteiger partial charge >= 0.3 is 0 Å². The van der Waals surface area contributed by atoms with Crippen LogP contribution in [0.15, 0.2) is 101 Å². The Bertz CT molecular complexity index is 1550. The second-order valence-corrected chi connectivity index (χ2v) is 10.3. The van der Waals surface area contributed by atoms with Gasteiger partial charge in [0.1, 0.15) is 0 Å². The lowest BCUT2D eigenvalue weighted by atomic mass is 9.82. The molecule has 10 heteroatoms. The number of dihydropyridines is 1. The minimum absolute atomic E-state index is 0.00896. The Hall–Kier alpha value is -4.52. The first-order chi connectivity index (χ1) is 19.3. The maximum Gasteiger partial charge on any atom is 0.254 e. The molecule has 3 amide bonds. The monoisotopic (exact) mass is 571 g/mol. The minimum atomic E-state index is -0.740. The Morgan fingerprint density at radius 3 is 2.12 bits per heavy atom. The van der Waals surface area contributed by atoms with Gasteiger partial charge in [0.25, 0.3) is 5.91 Å². The predicted octanol–water partition coefficient (Wildman–Crippen LogP) is 6.00. The molecular weight excluding hydrogens is 546 g/mol. The molecule has 1 aliphatic rings. The number of anilines is 3. The molecule has 0 bridgehead atoms. The summed E-state index contributed by atoms with van der Waals surface area (Å²) in [4.78, 5) is 37.5. The van der Waals surface area contributed by atoms with E-state index in [1.165, 1.54) is 6.92 Å². The molecule has 1 atom stereocenters. The maximum absolute atomic E-state index is 13.5. The molecule has 0 aliphatic carbocycles. The molecule has 0 fully saturated rings. The van der Waals surface area contributed by atoms with Gasteiger partial charge in [-0.3, -0.25) is 14.4 Å². The molecule has 40 heavy (non-hydrogen) atoms. The number of halogens is 1. The van der Waals surface area contributed by atoms with Crippen LogP contribution in [0.4, 0.5) is 17.1 Å². The summed E-state index contributed by atoms with van der Waals surface area (Å²) in [5.41, 5.74) is 3.62. The van der Waals surface area contributed by atoms with E-state index in [0.29, 0.717) is 43.9 Å². The minimum Gasteiger partial charge on any atom is -0.353 e. The third kappa shape index (κ3) is 6.91. The third-order valence-electron chi connectivity index (χ3n) is 5.98. The van der Waals surface area contributed by atoms with E-state index in [4.69, 9.17) is 11.6 Å². The van der Waals surface area contributed by atoms with Crippen LogP contribution in [0.5, 0.6) is 0 Å². The van der Waals surface area contributed by atoms with Crippen molar-refractivity contribution in [2.45, 2.75) is 19.8 Å². The number of nitrogens with zero attached hydrogens (tertiary/aromatic N) is 1. The Labute approximate surface area is 241 Å². The molecule has 8 nitrogen and oxygen atoms in total. The van der Waals surface area contributed by atoms with Crippen molar-refractivity contribution in [1.29, 1.82) is 5.26 Å². The summed E-state index contributed by atoms with van der Waals surface area (Å²) in [5, 5.41) is 22.7. The van der Waals surface area contributed by atoms with Crippen LogP contribution in [-0.4, -0.2) is 23.5 Å². The molecule has 202 valence electrons. The lowest BCUT2D eigenvalue weighted by Gasteiger charge is -2.30. The summed E-state index contributed by atoms with van der Waals surface area (Å²) in [7, 11) is 0. The summed E-state index contributed by atoms with van der Waals surface area (Å²) < 4.78 is 0. The molecule has 1 heterocycles. The summed E-state index contributed by atoms with van der Waals surface area (Å²) in [6.45, 7) is 3.18. The first-order valence-electron chi connectivity index (χ1n) is 12.3. The SMILES string of the molecule is CC(=O)Nc1ccc(NC(=O)CSC2=C(C#N)[C@@H](c3ccccc3Cl)C(C(=O)Nc3ccccc3)=C(C)N2)cc1. The number of carbonyl (C=O) groups is 3. The zero-order chi connectivity index (χ0) is 28.6. The Morgan fingerprint density at radius 1 is 0.900 bits per heavy atom. The van der Waals surface area contributed by atoms with Gasteiger partial charge in [0.05, 0.1) is 28.3 Å². The summed E-state index contributed by atoms with van der Waals surface area (Å²) in [6.07, 6.45) is 0. The number of amides is 3. The molecule has 3 aromatic carbocycles. The van der Waals surface area contributed by atoms with Crippen molar-refractivity contribution in [2.75, 3.05) is 21.7 Å². The number of thioether (sulfide) groups is 1. The van der Waals surface area contributed by atoms with Crippen LogP contribution >= 0.6 is 23.4 Å². The summed E-state index contributed by atoms with van der Waals surface area (Å²) in [5.74, 6) is -1.56. The van der Waals surface area contributed by atoms with E-state index in [1.54, 1.807) is 67.6 Å². The van der Waals surface area contributed by atoms with Crippen LogP contribution in [-0.2, 0) is 14.4 Å². The molecule has 3 aromatic rings. The van der Waals surface area contributed by atoms with Gasteiger partial charge in [-0.2, -0.15) is 5.26 Å². The maximum atomic E-state index is 13.5. The number of allylic oxidation sites excluding steroid dienone is 2. The van der Waals surface area contributed by atoms with Gasteiger partial charge in [-0.15, -0.1) is 0 Å². The number of hydrogen-bond donors (Lipinski definition) is 4. The highest BCUT2D eigenvalue weighted by atomic mass is 35.5. The molecule has 1 aliphatic heterocycles. The average Bonchev–Trinajstić information content (AvgIpc) is 2.93. The zero-order valence-corrected chi connectivity index (χ0v) is 23.3. The lowest BCUT2D eigenvalue weighted by Crippen LogP contribution is -2.31. The normalized spacial score (nSPS) is 14.6. The second-order valence-electron chi connectivity index (χ2n) is 8.89. The molecular formula is C30H26ClN5O3S. The van der Waals surface area contributed by atoms with E-state index in [9.17, 15) is 19.6 Å². The van der Waals surface area contributed by atoms with Crippen molar-refractivity contribution in [3.8, 4) is 6.07 Å². The largest absolute Gasteiger partial charge is 0.353 e. The van der Waals surface area contributed by atoms with Crippen molar-refractivity contribution >= 4 is 58.1 Å². The molecule has 0 saturated carbocycles. The molecule has 4 rings (SSSR count). The van der Waals surface area contributed by atoms with Gasteiger partial charge in [0.2, 0.25) is 11.8 Å². The molecule has 4 N–H and O–H groups in total. The van der Waals surface area contributed by atoms with Gasteiger partial charge in [0.15, 0.2) is 0 Å².